The van der Waals surface area contributed by atoms with Crippen LogP contribution in [0.4, 0.5) is 5.95 Å². The SMILES string of the molecule is CCCCCc1ccc(CCOc2ccc(S(=O)(=O)Nc3ncc(C(=O)NCCOCCOCC(=O)NCCOCCOCC(=O)O)cn3)cc2)cc1. The molecule has 0 radical (unpaired) electrons. The molecule has 0 aliphatic carbocycles. The van der Waals surface area contributed by atoms with Crippen LogP contribution in [0.3, 0.4) is 0 Å². The number of unbranched alkanes of at least 4 members (excludes halogenated alkanes) is 2. The maximum atomic E-state index is 12.9. The number of amides is 2. The van der Waals surface area contributed by atoms with E-state index in [4.69, 9.17) is 28.8 Å². The van der Waals surface area contributed by atoms with Crippen LogP contribution in [0.25, 0.3) is 0 Å². The van der Waals surface area contributed by atoms with Gasteiger partial charge in [0.1, 0.15) is 19.0 Å². The first-order valence-corrected chi connectivity index (χ1v) is 18.9. The highest BCUT2D eigenvalue weighted by atomic mass is 32.2. The summed E-state index contributed by atoms with van der Waals surface area (Å²) in [6, 6.07) is 14.6. The van der Waals surface area contributed by atoms with E-state index >= 15 is 0 Å². The van der Waals surface area contributed by atoms with E-state index in [1.54, 1.807) is 12.1 Å². The second kappa shape index (κ2) is 24.5. The molecule has 3 aromatic rings. The van der Waals surface area contributed by atoms with E-state index in [9.17, 15) is 22.8 Å². The Hall–Kier alpha value is -4.68. The summed E-state index contributed by atoms with van der Waals surface area (Å²) in [5.41, 5.74) is 2.64. The Kier molecular flexibility index (Phi) is 19.8. The quantitative estimate of drug-likeness (QED) is 0.0785. The van der Waals surface area contributed by atoms with E-state index < -0.39 is 21.9 Å². The van der Waals surface area contributed by atoms with Gasteiger partial charge in [-0.3, -0.25) is 9.59 Å². The van der Waals surface area contributed by atoms with Crippen molar-refractivity contribution in [3.05, 3.63) is 77.6 Å². The lowest BCUT2D eigenvalue weighted by Gasteiger charge is -2.10. The minimum Gasteiger partial charge on any atom is -0.493 e. The van der Waals surface area contributed by atoms with E-state index in [2.05, 4.69) is 56.5 Å². The van der Waals surface area contributed by atoms with Crippen LogP contribution < -0.4 is 20.1 Å². The third-order valence-electron chi connectivity index (χ3n) is 7.33. The van der Waals surface area contributed by atoms with Gasteiger partial charge in [0.2, 0.25) is 11.9 Å². The summed E-state index contributed by atoms with van der Waals surface area (Å²) in [4.78, 5) is 42.4. The number of ether oxygens (including phenoxy) is 5. The van der Waals surface area contributed by atoms with Crippen LogP contribution in [0, 0.1) is 0 Å². The summed E-state index contributed by atoms with van der Waals surface area (Å²) in [6.45, 7) is 3.70. The van der Waals surface area contributed by atoms with Crippen molar-refractivity contribution < 1.29 is 51.6 Å². The molecule has 2 aromatic carbocycles. The molecule has 53 heavy (non-hydrogen) atoms. The molecule has 4 N–H and O–H groups in total. The number of nitrogens with zero attached hydrogens (tertiary/aromatic N) is 2. The van der Waals surface area contributed by atoms with Crippen molar-refractivity contribution in [2.45, 2.75) is 43.9 Å². The number of carboxylic acids is 1. The summed E-state index contributed by atoms with van der Waals surface area (Å²) in [7, 11) is -3.99. The number of aryl methyl sites for hydroxylation is 1. The molecule has 0 saturated carbocycles. The highest BCUT2D eigenvalue weighted by Gasteiger charge is 2.17. The summed E-state index contributed by atoms with van der Waals surface area (Å²) in [5.74, 6) is -1.50. The van der Waals surface area contributed by atoms with Gasteiger partial charge >= 0.3 is 5.97 Å². The Balaban J connectivity index is 1.25. The fourth-order valence-electron chi connectivity index (χ4n) is 4.55. The van der Waals surface area contributed by atoms with Gasteiger partial charge in [0.05, 0.1) is 56.7 Å². The predicted molar refractivity (Wildman–Crippen MR) is 194 cm³/mol. The van der Waals surface area contributed by atoms with Crippen LogP contribution in [-0.4, -0.2) is 114 Å². The number of hydrogen-bond donors (Lipinski definition) is 4. The highest BCUT2D eigenvalue weighted by Crippen LogP contribution is 2.18. The number of sulfonamides is 1. The van der Waals surface area contributed by atoms with E-state index in [0.717, 1.165) is 12.8 Å². The lowest BCUT2D eigenvalue weighted by molar-refractivity contribution is -0.142. The molecule has 16 nitrogen and oxygen atoms in total. The van der Waals surface area contributed by atoms with E-state index in [-0.39, 0.29) is 88.3 Å². The monoisotopic (exact) mass is 759 g/mol. The molecular formula is C36H49N5O11S. The fourth-order valence-corrected chi connectivity index (χ4v) is 5.51. The van der Waals surface area contributed by atoms with Gasteiger partial charge in [-0.15, -0.1) is 0 Å². The van der Waals surface area contributed by atoms with Crippen molar-refractivity contribution in [2.75, 3.05) is 77.3 Å². The molecule has 1 heterocycles. The van der Waals surface area contributed by atoms with Crippen molar-refractivity contribution in [1.82, 2.24) is 20.6 Å². The molecule has 0 atom stereocenters. The first-order valence-electron chi connectivity index (χ1n) is 17.4. The van der Waals surface area contributed by atoms with Crippen molar-refractivity contribution in [3.63, 3.8) is 0 Å². The first kappa shape index (κ1) is 42.7. The van der Waals surface area contributed by atoms with Crippen LogP contribution in [-0.2, 0) is 51.4 Å². The zero-order valence-corrected chi connectivity index (χ0v) is 30.7. The molecule has 0 bridgehead atoms. The van der Waals surface area contributed by atoms with Gasteiger partial charge in [-0.2, -0.15) is 0 Å². The number of carboxylic acid groups (broad SMARTS) is 1. The summed E-state index contributed by atoms with van der Waals surface area (Å²) in [5, 5.41) is 13.7. The molecule has 290 valence electrons. The molecule has 0 spiro atoms. The second-order valence-electron chi connectivity index (χ2n) is 11.6. The molecule has 0 aliphatic rings. The largest absolute Gasteiger partial charge is 0.493 e. The molecular weight excluding hydrogens is 710 g/mol. The number of benzene rings is 2. The number of aromatic nitrogens is 2. The lowest BCUT2D eigenvalue weighted by atomic mass is 10.0. The van der Waals surface area contributed by atoms with Crippen LogP contribution in [0.2, 0.25) is 0 Å². The number of rotatable bonds is 28. The van der Waals surface area contributed by atoms with Gasteiger partial charge in [-0.1, -0.05) is 44.0 Å². The number of anilines is 1. The molecule has 3 rings (SSSR count). The standard InChI is InChI=1S/C36H49N5O11S/c1-2-3-4-5-28-6-8-29(9-7-28)14-17-52-31-10-12-32(13-11-31)53(46,47)41-36-39-24-30(25-40-36)35(45)38-16-19-49-20-22-50-26-33(42)37-15-18-48-21-23-51-27-34(43)44/h6-13,24-25H,2-5,14-23,26-27H2,1H3,(H,37,42)(H,38,45)(H,43,44)(H,39,40,41). The van der Waals surface area contributed by atoms with Gasteiger partial charge < -0.3 is 39.4 Å². The summed E-state index contributed by atoms with van der Waals surface area (Å²) in [6.07, 6.45) is 7.87. The Bertz CT molecular complexity index is 1620. The lowest BCUT2D eigenvalue weighted by Crippen LogP contribution is -2.31. The number of carbonyl (C=O) groups excluding carboxylic acids is 2. The van der Waals surface area contributed by atoms with Crippen molar-refractivity contribution in [3.8, 4) is 5.75 Å². The van der Waals surface area contributed by atoms with Gasteiger partial charge in [0, 0.05) is 31.9 Å². The maximum absolute atomic E-state index is 12.9. The average Bonchev–Trinajstić information content (AvgIpc) is 3.14. The van der Waals surface area contributed by atoms with Crippen molar-refractivity contribution in [2.24, 2.45) is 0 Å². The topological polar surface area (TPSA) is 214 Å². The average molecular weight is 760 g/mol. The van der Waals surface area contributed by atoms with Gasteiger partial charge in [0.25, 0.3) is 15.9 Å². The fraction of sp³-hybridized carbons (Fsp3) is 0.472. The van der Waals surface area contributed by atoms with Crippen LogP contribution in [0.1, 0.15) is 47.7 Å². The Morgan fingerprint density at radius 3 is 1.91 bits per heavy atom. The van der Waals surface area contributed by atoms with Gasteiger partial charge in [-0.25, -0.2) is 27.9 Å². The van der Waals surface area contributed by atoms with Crippen LogP contribution in [0.15, 0.2) is 65.8 Å². The van der Waals surface area contributed by atoms with Gasteiger partial charge in [0.15, 0.2) is 0 Å². The minimum atomic E-state index is -3.99. The van der Waals surface area contributed by atoms with Crippen LogP contribution >= 0.6 is 0 Å². The molecule has 2 amide bonds. The zero-order chi connectivity index (χ0) is 38.2. The van der Waals surface area contributed by atoms with Crippen molar-refractivity contribution in [1.29, 1.82) is 0 Å². The Morgan fingerprint density at radius 2 is 1.28 bits per heavy atom. The number of carbonyl (C=O) groups is 3. The number of hydrogen-bond acceptors (Lipinski definition) is 12. The third kappa shape index (κ3) is 18.1. The van der Waals surface area contributed by atoms with E-state index in [1.165, 1.54) is 54.9 Å². The Morgan fingerprint density at radius 1 is 0.698 bits per heavy atom. The number of nitrogens with one attached hydrogen (secondary N) is 3. The Labute approximate surface area is 310 Å². The molecule has 0 saturated heterocycles. The van der Waals surface area contributed by atoms with Crippen molar-refractivity contribution >= 4 is 33.8 Å². The smallest absolute Gasteiger partial charge is 0.329 e. The summed E-state index contributed by atoms with van der Waals surface area (Å²) >= 11 is 0. The molecule has 0 unspecified atom stereocenters. The first-order chi connectivity index (χ1) is 25.7. The summed E-state index contributed by atoms with van der Waals surface area (Å²) < 4.78 is 54.5. The second-order valence-corrected chi connectivity index (χ2v) is 13.3. The van der Waals surface area contributed by atoms with E-state index in [0.29, 0.717) is 12.4 Å². The zero-order valence-electron chi connectivity index (χ0n) is 29.9. The molecule has 1 aromatic heterocycles. The highest BCUT2D eigenvalue weighted by molar-refractivity contribution is 7.92. The molecule has 17 heteroatoms. The van der Waals surface area contributed by atoms with E-state index in [1.807, 2.05) is 0 Å². The predicted octanol–water partition coefficient (Wildman–Crippen LogP) is 2.63. The molecule has 0 fully saturated rings. The molecule has 0 aliphatic heterocycles. The normalized spacial score (nSPS) is 11.2. The maximum Gasteiger partial charge on any atom is 0.329 e. The minimum absolute atomic E-state index is 0.00339. The van der Waals surface area contributed by atoms with Gasteiger partial charge in [-0.05, 0) is 48.2 Å². The van der Waals surface area contributed by atoms with Crippen LogP contribution in [0.5, 0.6) is 5.75 Å². The third-order valence-corrected chi connectivity index (χ3v) is 8.67. The number of aliphatic carboxylic acids is 1.